The van der Waals surface area contributed by atoms with Gasteiger partial charge in [-0.2, -0.15) is 0 Å². The summed E-state index contributed by atoms with van der Waals surface area (Å²) in [6.45, 7) is 13.4. The molecule has 5 heteroatoms. The second-order valence-corrected chi connectivity index (χ2v) is 8.07. The Balaban J connectivity index is 3.04. The van der Waals surface area contributed by atoms with Crippen molar-refractivity contribution in [1.82, 2.24) is 4.90 Å². The van der Waals surface area contributed by atoms with Crippen molar-refractivity contribution in [1.29, 1.82) is 0 Å². The van der Waals surface area contributed by atoms with Crippen LogP contribution < -0.4 is 0 Å². The van der Waals surface area contributed by atoms with Crippen molar-refractivity contribution in [3.63, 3.8) is 0 Å². The molecule has 1 saturated heterocycles. The predicted octanol–water partition coefficient (Wildman–Crippen LogP) is 4.09. The molecule has 0 aromatic heterocycles. The van der Waals surface area contributed by atoms with E-state index in [2.05, 4.69) is 22.6 Å². The second-order valence-electron chi connectivity index (χ2n) is 6.36. The number of halogens is 1. The largest absolute Gasteiger partial charge is 0.444 e. The van der Waals surface area contributed by atoms with Gasteiger partial charge in [0.15, 0.2) is 0 Å². The molecule has 0 bridgehead atoms. The minimum Gasteiger partial charge on any atom is -0.444 e. The Kier molecular flexibility index (Phi) is 4.93. The van der Waals surface area contributed by atoms with Crippen LogP contribution in [0.25, 0.3) is 0 Å². The summed E-state index contributed by atoms with van der Waals surface area (Å²) in [5, 5.41) is 0. The van der Waals surface area contributed by atoms with E-state index in [1.165, 1.54) is 0 Å². The summed E-state index contributed by atoms with van der Waals surface area (Å²) in [4.78, 5) is 14.1. The average molecular weight is 381 g/mol. The molecule has 1 heterocycles. The topological polar surface area (TPSA) is 38.8 Å². The van der Waals surface area contributed by atoms with Crippen LogP contribution in [0.5, 0.6) is 0 Å². The molecule has 4 nitrogen and oxygen atoms in total. The molecule has 0 unspecified atom stereocenters. The summed E-state index contributed by atoms with van der Waals surface area (Å²) < 4.78 is 12.5. The maximum atomic E-state index is 12.4. The molecule has 1 aliphatic heterocycles. The number of allylic oxidation sites excluding steroid dienone is 1. The standard InChI is InChI=1S/C14H24INO3/c1-9(15)8-11-10(2)18-14(6,7)16(11)12(17)19-13(3,4)5/h8,10-11H,1-7H3/b9-8-/t10-,11-/m1/s1. The summed E-state index contributed by atoms with van der Waals surface area (Å²) in [5.74, 6) is 0. The molecule has 0 aromatic carbocycles. The maximum Gasteiger partial charge on any atom is 0.413 e. The minimum absolute atomic E-state index is 0.0489. The van der Waals surface area contributed by atoms with Gasteiger partial charge in [0.2, 0.25) is 0 Å². The van der Waals surface area contributed by atoms with Crippen LogP contribution in [0, 0.1) is 0 Å². The third-order valence-electron chi connectivity index (χ3n) is 2.82. The quantitative estimate of drug-likeness (QED) is 0.643. The van der Waals surface area contributed by atoms with Gasteiger partial charge in [-0.3, -0.25) is 4.90 Å². The van der Waals surface area contributed by atoms with Crippen LogP contribution in [0.4, 0.5) is 4.79 Å². The van der Waals surface area contributed by atoms with Crippen LogP contribution >= 0.6 is 22.6 Å². The number of amides is 1. The van der Waals surface area contributed by atoms with Crippen LogP contribution in [-0.4, -0.2) is 34.5 Å². The van der Waals surface area contributed by atoms with Crippen molar-refractivity contribution in [3.05, 3.63) is 9.66 Å². The fourth-order valence-electron chi connectivity index (χ4n) is 2.25. The number of hydrogen-bond donors (Lipinski definition) is 0. The first-order valence-electron chi connectivity index (χ1n) is 6.48. The van der Waals surface area contributed by atoms with Gasteiger partial charge in [0.05, 0.1) is 12.1 Å². The molecule has 0 aromatic rings. The van der Waals surface area contributed by atoms with Crippen molar-refractivity contribution in [2.75, 3.05) is 0 Å². The van der Waals surface area contributed by atoms with Crippen molar-refractivity contribution < 1.29 is 14.3 Å². The lowest BCUT2D eigenvalue weighted by Gasteiger charge is -2.34. The van der Waals surface area contributed by atoms with E-state index in [9.17, 15) is 4.79 Å². The van der Waals surface area contributed by atoms with Crippen LogP contribution in [0.1, 0.15) is 48.5 Å². The second kappa shape index (κ2) is 5.60. The predicted molar refractivity (Wildman–Crippen MR) is 84.3 cm³/mol. The molecular weight excluding hydrogens is 357 g/mol. The van der Waals surface area contributed by atoms with Gasteiger partial charge >= 0.3 is 6.09 Å². The lowest BCUT2D eigenvalue weighted by atomic mass is 10.1. The third kappa shape index (κ3) is 4.34. The molecule has 19 heavy (non-hydrogen) atoms. The molecule has 2 atom stereocenters. The van der Waals surface area contributed by atoms with E-state index in [0.717, 1.165) is 3.58 Å². The van der Waals surface area contributed by atoms with Crippen molar-refractivity contribution in [3.8, 4) is 0 Å². The van der Waals surface area contributed by atoms with Gasteiger partial charge in [0, 0.05) is 0 Å². The average Bonchev–Trinajstić information content (AvgIpc) is 2.31. The Hall–Kier alpha value is -0.300. The van der Waals surface area contributed by atoms with Gasteiger partial charge in [0.25, 0.3) is 0 Å². The molecule has 1 rings (SSSR count). The van der Waals surface area contributed by atoms with Crippen LogP contribution in [0.3, 0.4) is 0 Å². The summed E-state index contributed by atoms with van der Waals surface area (Å²) in [7, 11) is 0. The molecule has 1 fully saturated rings. The molecule has 0 N–H and O–H groups in total. The summed E-state index contributed by atoms with van der Waals surface area (Å²) in [5.41, 5.74) is -1.17. The Morgan fingerprint density at radius 2 is 1.95 bits per heavy atom. The molecule has 0 radical (unpaired) electrons. The van der Waals surface area contributed by atoms with Gasteiger partial charge in [-0.25, -0.2) is 4.79 Å². The number of rotatable bonds is 1. The number of nitrogens with zero attached hydrogens (tertiary/aromatic N) is 1. The minimum atomic E-state index is -0.658. The van der Waals surface area contributed by atoms with Crippen molar-refractivity contribution in [2.24, 2.45) is 0 Å². The zero-order valence-electron chi connectivity index (χ0n) is 12.8. The normalized spacial score (nSPS) is 27.6. The molecule has 0 spiro atoms. The van der Waals surface area contributed by atoms with E-state index in [1.807, 2.05) is 54.5 Å². The summed E-state index contributed by atoms with van der Waals surface area (Å²) in [6, 6.07) is -0.0956. The van der Waals surface area contributed by atoms with Gasteiger partial charge in [-0.1, -0.05) is 6.08 Å². The van der Waals surface area contributed by atoms with E-state index in [-0.39, 0.29) is 18.2 Å². The van der Waals surface area contributed by atoms with Crippen LogP contribution in [0.15, 0.2) is 9.66 Å². The highest BCUT2D eigenvalue weighted by Gasteiger charge is 2.48. The first-order valence-corrected chi connectivity index (χ1v) is 7.56. The van der Waals surface area contributed by atoms with Crippen LogP contribution in [-0.2, 0) is 9.47 Å². The number of carbonyl (C=O) groups is 1. The number of hydrogen-bond acceptors (Lipinski definition) is 3. The molecule has 1 amide bonds. The van der Waals surface area contributed by atoms with Crippen molar-refractivity contribution in [2.45, 2.75) is 71.9 Å². The monoisotopic (exact) mass is 381 g/mol. The number of carbonyl (C=O) groups excluding carboxylic acids is 1. The smallest absolute Gasteiger partial charge is 0.413 e. The van der Waals surface area contributed by atoms with E-state index >= 15 is 0 Å². The lowest BCUT2D eigenvalue weighted by molar-refractivity contribution is -0.0751. The number of ether oxygens (including phenoxy) is 2. The Morgan fingerprint density at radius 3 is 2.37 bits per heavy atom. The van der Waals surface area contributed by atoms with Crippen LogP contribution in [0.2, 0.25) is 0 Å². The highest BCUT2D eigenvalue weighted by Crippen LogP contribution is 2.35. The highest BCUT2D eigenvalue weighted by atomic mass is 127. The van der Waals surface area contributed by atoms with Gasteiger partial charge in [-0.15, -0.1) is 0 Å². The fourth-order valence-corrected chi connectivity index (χ4v) is 2.62. The van der Waals surface area contributed by atoms with E-state index < -0.39 is 11.3 Å². The fraction of sp³-hybridized carbons (Fsp3) is 0.786. The summed E-state index contributed by atoms with van der Waals surface area (Å²) in [6.07, 6.45) is 1.66. The zero-order chi connectivity index (χ0) is 15.0. The maximum absolute atomic E-state index is 12.4. The molecular formula is C14H24INO3. The van der Waals surface area contributed by atoms with E-state index in [1.54, 1.807) is 4.90 Å². The van der Waals surface area contributed by atoms with E-state index in [0.29, 0.717) is 0 Å². The summed E-state index contributed by atoms with van der Waals surface area (Å²) >= 11 is 2.24. The highest BCUT2D eigenvalue weighted by molar-refractivity contribution is 14.1. The third-order valence-corrected chi connectivity index (χ3v) is 3.18. The first-order chi connectivity index (χ1) is 8.44. The molecule has 0 saturated carbocycles. The Morgan fingerprint density at radius 1 is 1.42 bits per heavy atom. The lowest BCUT2D eigenvalue weighted by Crippen LogP contribution is -2.49. The van der Waals surface area contributed by atoms with Crippen molar-refractivity contribution >= 4 is 28.7 Å². The van der Waals surface area contributed by atoms with E-state index in [4.69, 9.17) is 9.47 Å². The Labute approximate surface area is 129 Å². The first kappa shape index (κ1) is 16.8. The molecule has 1 aliphatic rings. The van der Waals surface area contributed by atoms with Gasteiger partial charge in [-0.05, 0) is 74.6 Å². The molecule has 0 aliphatic carbocycles. The van der Waals surface area contributed by atoms with Gasteiger partial charge < -0.3 is 9.47 Å². The van der Waals surface area contributed by atoms with Gasteiger partial charge in [0.1, 0.15) is 11.3 Å². The molecule has 110 valence electrons. The zero-order valence-corrected chi connectivity index (χ0v) is 14.9. The Bertz CT molecular complexity index is 381. The SMILES string of the molecule is C/C(I)=C/[C@@H]1[C@@H](C)OC(C)(C)N1C(=O)OC(C)(C)C.